The molecule has 5 nitrogen and oxygen atoms in total. The quantitative estimate of drug-likeness (QED) is 0.388. The van der Waals surface area contributed by atoms with Crippen LogP contribution in [0.3, 0.4) is 0 Å². The first-order chi connectivity index (χ1) is 14.8. The lowest BCUT2D eigenvalue weighted by atomic mass is 10.0. The van der Waals surface area contributed by atoms with Gasteiger partial charge in [-0.3, -0.25) is 4.79 Å². The van der Waals surface area contributed by atoms with Gasteiger partial charge >= 0.3 is 5.97 Å². The third-order valence-electron chi connectivity index (χ3n) is 4.47. The molecule has 0 aliphatic heterocycles. The topological polar surface area (TPSA) is 64.6 Å². The number of anilines is 1. The number of aryl methyl sites for hydroxylation is 1. The zero-order valence-corrected chi connectivity index (χ0v) is 19.5. The predicted octanol–water partition coefficient (Wildman–Crippen LogP) is 6.61. The number of benzene rings is 2. The van der Waals surface area contributed by atoms with Crippen LogP contribution < -0.4 is 10.1 Å². The van der Waals surface area contributed by atoms with E-state index < -0.39 is 12.1 Å². The van der Waals surface area contributed by atoms with Gasteiger partial charge < -0.3 is 14.8 Å². The number of hydrogen-bond donors (Lipinski definition) is 1. The van der Waals surface area contributed by atoms with Gasteiger partial charge in [-0.1, -0.05) is 35.3 Å². The number of nitrogens with one attached hydrogen (secondary N) is 1. The molecular formula is C23H21Cl2NO4S. The molecule has 0 unspecified atom stereocenters. The fourth-order valence-electron chi connectivity index (χ4n) is 2.90. The molecular weight excluding hydrogens is 457 g/mol. The minimum atomic E-state index is -0.795. The highest BCUT2D eigenvalue weighted by Gasteiger charge is 2.25. The number of esters is 1. The van der Waals surface area contributed by atoms with Crippen LogP contribution in [0.2, 0.25) is 10.0 Å². The molecule has 1 heterocycles. The van der Waals surface area contributed by atoms with Crippen LogP contribution in [0.5, 0.6) is 5.75 Å². The lowest BCUT2D eigenvalue weighted by molar-refractivity contribution is -0.122. The number of rotatable bonds is 7. The van der Waals surface area contributed by atoms with Crippen LogP contribution in [-0.4, -0.2) is 24.6 Å². The Balaban J connectivity index is 1.85. The Labute approximate surface area is 194 Å². The molecule has 1 N–H and O–H groups in total. The van der Waals surface area contributed by atoms with Crippen molar-refractivity contribution in [2.45, 2.75) is 26.9 Å². The summed E-state index contributed by atoms with van der Waals surface area (Å²) in [4.78, 5) is 25.5. The van der Waals surface area contributed by atoms with Crippen LogP contribution in [0.4, 0.5) is 5.00 Å². The first-order valence-electron chi connectivity index (χ1n) is 9.58. The molecule has 0 aliphatic rings. The highest BCUT2D eigenvalue weighted by molar-refractivity contribution is 7.15. The summed E-state index contributed by atoms with van der Waals surface area (Å²) in [5.74, 6) is -0.332. The smallest absolute Gasteiger partial charge is 0.341 e. The van der Waals surface area contributed by atoms with Gasteiger partial charge in [0.1, 0.15) is 16.3 Å². The molecule has 0 spiro atoms. The molecule has 2 aromatic carbocycles. The van der Waals surface area contributed by atoms with Crippen molar-refractivity contribution >= 4 is 51.4 Å². The Morgan fingerprint density at radius 1 is 1.10 bits per heavy atom. The van der Waals surface area contributed by atoms with Crippen molar-refractivity contribution in [2.75, 3.05) is 11.9 Å². The Kier molecular flexibility index (Phi) is 7.59. The van der Waals surface area contributed by atoms with Gasteiger partial charge in [-0.2, -0.15) is 0 Å². The van der Waals surface area contributed by atoms with Crippen LogP contribution in [-0.2, 0) is 9.53 Å². The van der Waals surface area contributed by atoms with Crippen molar-refractivity contribution in [2.24, 2.45) is 0 Å². The van der Waals surface area contributed by atoms with Gasteiger partial charge in [0.2, 0.25) is 0 Å². The van der Waals surface area contributed by atoms with Crippen LogP contribution in [0.1, 0.15) is 29.8 Å². The molecule has 1 aromatic heterocycles. The van der Waals surface area contributed by atoms with E-state index >= 15 is 0 Å². The fourth-order valence-corrected chi connectivity index (χ4v) is 4.21. The lowest BCUT2D eigenvalue weighted by Gasteiger charge is -2.16. The largest absolute Gasteiger partial charge is 0.481 e. The number of amides is 1. The van der Waals surface area contributed by atoms with Crippen LogP contribution in [0.15, 0.2) is 47.8 Å². The fraction of sp³-hybridized carbons (Fsp3) is 0.217. The third kappa shape index (κ3) is 5.58. The zero-order valence-electron chi connectivity index (χ0n) is 17.2. The Hall–Kier alpha value is -2.54. The summed E-state index contributed by atoms with van der Waals surface area (Å²) in [6.07, 6.45) is -0.795. The van der Waals surface area contributed by atoms with E-state index in [1.165, 1.54) is 11.3 Å². The van der Waals surface area contributed by atoms with E-state index in [4.69, 9.17) is 32.7 Å². The zero-order chi connectivity index (χ0) is 22.5. The molecule has 0 saturated heterocycles. The first-order valence-corrected chi connectivity index (χ1v) is 11.2. The summed E-state index contributed by atoms with van der Waals surface area (Å²) in [5.41, 5.74) is 2.58. The van der Waals surface area contributed by atoms with Crippen LogP contribution in [0, 0.1) is 6.92 Å². The molecule has 162 valence electrons. The molecule has 3 rings (SSSR count). The minimum Gasteiger partial charge on any atom is -0.481 e. The van der Waals surface area contributed by atoms with E-state index in [9.17, 15) is 9.59 Å². The summed E-state index contributed by atoms with van der Waals surface area (Å²) in [6.45, 7) is 5.44. The van der Waals surface area contributed by atoms with Crippen molar-refractivity contribution in [1.82, 2.24) is 0 Å². The average Bonchev–Trinajstić information content (AvgIpc) is 3.14. The Morgan fingerprint density at radius 2 is 1.77 bits per heavy atom. The Morgan fingerprint density at radius 3 is 2.42 bits per heavy atom. The standard InChI is InChI=1S/C23H21Cl2NO4S/c1-4-29-23(28)20-18(15-5-7-16(24)8-6-15)12-31-22(20)26-21(27)14(3)30-19-10-9-17(25)11-13(19)2/h5-12,14H,4H2,1-3H3,(H,26,27)/t14-/m0/s1. The second-order valence-electron chi connectivity index (χ2n) is 6.74. The molecule has 0 saturated carbocycles. The van der Waals surface area contributed by atoms with E-state index in [0.717, 1.165) is 11.1 Å². The van der Waals surface area contributed by atoms with Crippen molar-refractivity contribution in [3.05, 3.63) is 69.0 Å². The molecule has 0 bridgehead atoms. The van der Waals surface area contributed by atoms with Gasteiger partial charge in [0, 0.05) is 21.0 Å². The molecule has 8 heteroatoms. The SMILES string of the molecule is CCOC(=O)c1c(-c2ccc(Cl)cc2)csc1NC(=O)[C@H](C)Oc1ccc(Cl)cc1C. The second kappa shape index (κ2) is 10.2. The number of ether oxygens (including phenoxy) is 2. The second-order valence-corrected chi connectivity index (χ2v) is 8.49. The maximum Gasteiger partial charge on any atom is 0.341 e. The number of hydrogen-bond acceptors (Lipinski definition) is 5. The lowest BCUT2D eigenvalue weighted by Crippen LogP contribution is -2.30. The molecule has 0 radical (unpaired) electrons. The van der Waals surface area contributed by atoms with Gasteiger partial charge in [0.15, 0.2) is 6.10 Å². The normalized spacial score (nSPS) is 11.6. The van der Waals surface area contributed by atoms with Crippen molar-refractivity contribution < 1.29 is 19.1 Å². The summed E-state index contributed by atoms with van der Waals surface area (Å²) >= 11 is 13.2. The van der Waals surface area contributed by atoms with E-state index in [-0.39, 0.29) is 12.5 Å². The number of thiophene rings is 1. The molecule has 31 heavy (non-hydrogen) atoms. The summed E-state index contributed by atoms with van der Waals surface area (Å²) < 4.78 is 11.0. The first kappa shape index (κ1) is 23.1. The molecule has 1 atom stereocenters. The molecule has 0 fully saturated rings. The van der Waals surface area contributed by atoms with E-state index in [1.54, 1.807) is 49.6 Å². The van der Waals surface area contributed by atoms with Crippen LogP contribution in [0.25, 0.3) is 11.1 Å². The number of carbonyl (C=O) groups is 2. The van der Waals surface area contributed by atoms with Gasteiger partial charge in [0.05, 0.1) is 6.61 Å². The minimum absolute atomic E-state index is 0.220. The van der Waals surface area contributed by atoms with E-state index in [2.05, 4.69) is 5.32 Å². The highest BCUT2D eigenvalue weighted by Crippen LogP contribution is 2.37. The van der Waals surface area contributed by atoms with E-state index in [1.807, 2.05) is 19.1 Å². The molecule has 1 amide bonds. The summed E-state index contributed by atoms with van der Waals surface area (Å²) in [5, 5.41) is 6.19. The van der Waals surface area contributed by atoms with Crippen molar-refractivity contribution in [1.29, 1.82) is 0 Å². The van der Waals surface area contributed by atoms with E-state index in [0.29, 0.717) is 31.9 Å². The van der Waals surface area contributed by atoms with Crippen LogP contribution >= 0.6 is 34.5 Å². The van der Waals surface area contributed by atoms with Crippen molar-refractivity contribution in [3.8, 4) is 16.9 Å². The van der Waals surface area contributed by atoms with Crippen molar-refractivity contribution in [3.63, 3.8) is 0 Å². The number of carbonyl (C=O) groups excluding carboxylic acids is 2. The summed E-state index contributed by atoms with van der Waals surface area (Å²) in [7, 11) is 0. The third-order valence-corrected chi connectivity index (χ3v) is 5.86. The van der Waals surface area contributed by atoms with Gasteiger partial charge in [0.25, 0.3) is 5.91 Å². The number of halogens is 2. The molecule has 0 aliphatic carbocycles. The van der Waals surface area contributed by atoms with Gasteiger partial charge in [-0.25, -0.2) is 4.79 Å². The van der Waals surface area contributed by atoms with Gasteiger partial charge in [-0.15, -0.1) is 11.3 Å². The maximum atomic E-state index is 12.8. The summed E-state index contributed by atoms with van der Waals surface area (Å²) in [6, 6.07) is 12.3. The Bertz CT molecular complexity index is 1100. The maximum absolute atomic E-state index is 12.8. The average molecular weight is 478 g/mol. The predicted molar refractivity (Wildman–Crippen MR) is 126 cm³/mol. The monoisotopic (exact) mass is 477 g/mol. The highest BCUT2D eigenvalue weighted by atomic mass is 35.5. The molecule has 3 aromatic rings. The van der Waals surface area contributed by atoms with Gasteiger partial charge in [-0.05, 0) is 62.2 Å².